The van der Waals surface area contributed by atoms with Crippen molar-refractivity contribution < 1.29 is 10.2 Å². The van der Waals surface area contributed by atoms with Gasteiger partial charge in [-0.25, -0.2) is 4.98 Å². The minimum Gasteiger partial charge on any atom is -0.390 e. The van der Waals surface area contributed by atoms with Crippen LogP contribution < -0.4 is 0 Å². The number of fused-ring (bicyclic) bond motifs is 1. The molecule has 0 aliphatic rings. The van der Waals surface area contributed by atoms with Crippen molar-refractivity contribution in [3.8, 4) is 0 Å². The molecule has 19 heavy (non-hydrogen) atoms. The van der Waals surface area contributed by atoms with Crippen LogP contribution in [0.2, 0.25) is 0 Å². The first-order valence-corrected chi connectivity index (χ1v) is 6.97. The first-order valence-electron chi connectivity index (χ1n) is 6.97. The van der Waals surface area contributed by atoms with E-state index in [1.807, 2.05) is 31.2 Å². The average Bonchev–Trinajstić information content (AvgIpc) is 2.76. The molecule has 0 amide bonds. The van der Waals surface area contributed by atoms with Crippen molar-refractivity contribution in [3.05, 3.63) is 30.1 Å². The Morgan fingerprint density at radius 2 is 1.89 bits per heavy atom. The summed E-state index contributed by atoms with van der Waals surface area (Å²) in [5, 5.41) is 19.7. The third kappa shape index (κ3) is 2.96. The summed E-state index contributed by atoms with van der Waals surface area (Å²) in [7, 11) is 0. The summed E-state index contributed by atoms with van der Waals surface area (Å²) in [6.07, 6.45) is 0.519. The van der Waals surface area contributed by atoms with Crippen molar-refractivity contribution in [2.24, 2.45) is 0 Å². The summed E-state index contributed by atoms with van der Waals surface area (Å²) in [6.45, 7) is 4.86. The smallest absolute Gasteiger partial charge is 0.112 e. The van der Waals surface area contributed by atoms with Crippen LogP contribution in [0.25, 0.3) is 11.0 Å². The summed E-state index contributed by atoms with van der Waals surface area (Å²) >= 11 is 0. The Bertz CT molecular complexity index is 536. The summed E-state index contributed by atoms with van der Waals surface area (Å²) in [5.41, 5.74) is 2.04. The van der Waals surface area contributed by atoms with Gasteiger partial charge in [-0.05, 0) is 25.0 Å². The standard InChI is InChI=1S/C15H22N2O2/c1-3-9-17-12-8-6-5-7-11(12)16-15(17)10-14(19)13(18)4-2/h5-8,13-14,18-19H,3-4,9-10H2,1-2H3. The molecule has 1 aromatic heterocycles. The number of imidazole rings is 1. The Kier molecular flexibility index (Phi) is 4.56. The van der Waals surface area contributed by atoms with Gasteiger partial charge in [0.15, 0.2) is 0 Å². The lowest BCUT2D eigenvalue weighted by molar-refractivity contribution is 0.0166. The van der Waals surface area contributed by atoms with Crippen LogP contribution in [0.15, 0.2) is 24.3 Å². The largest absolute Gasteiger partial charge is 0.390 e. The highest BCUT2D eigenvalue weighted by atomic mass is 16.3. The molecule has 4 heteroatoms. The molecule has 0 bridgehead atoms. The molecule has 2 unspecified atom stereocenters. The third-order valence-corrected chi connectivity index (χ3v) is 3.43. The van der Waals surface area contributed by atoms with E-state index >= 15 is 0 Å². The van der Waals surface area contributed by atoms with Crippen LogP contribution in [0.5, 0.6) is 0 Å². The molecule has 104 valence electrons. The molecule has 1 heterocycles. The van der Waals surface area contributed by atoms with Gasteiger partial charge in [0, 0.05) is 13.0 Å². The predicted molar refractivity (Wildman–Crippen MR) is 76.0 cm³/mol. The number of aromatic nitrogens is 2. The monoisotopic (exact) mass is 262 g/mol. The molecule has 4 nitrogen and oxygen atoms in total. The van der Waals surface area contributed by atoms with Gasteiger partial charge in [-0.15, -0.1) is 0 Å². The van der Waals surface area contributed by atoms with E-state index in [0.717, 1.165) is 29.8 Å². The SMILES string of the molecule is CCCn1c(CC(O)C(O)CC)nc2ccccc21. The fourth-order valence-electron chi connectivity index (χ4n) is 2.35. The summed E-state index contributed by atoms with van der Waals surface area (Å²) < 4.78 is 2.14. The molecule has 0 aliphatic heterocycles. The lowest BCUT2D eigenvalue weighted by Gasteiger charge is -2.16. The van der Waals surface area contributed by atoms with Crippen LogP contribution in [-0.4, -0.2) is 32.0 Å². The van der Waals surface area contributed by atoms with Gasteiger partial charge in [-0.2, -0.15) is 0 Å². The molecule has 0 aliphatic carbocycles. The minimum absolute atomic E-state index is 0.393. The van der Waals surface area contributed by atoms with E-state index in [2.05, 4.69) is 16.5 Å². The molecule has 2 atom stereocenters. The molecular formula is C15H22N2O2. The van der Waals surface area contributed by atoms with Crippen LogP contribution in [0.4, 0.5) is 0 Å². The van der Waals surface area contributed by atoms with E-state index in [0.29, 0.717) is 12.8 Å². The number of hydrogen-bond acceptors (Lipinski definition) is 3. The highest BCUT2D eigenvalue weighted by Crippen LogP contribution is 2.18. The molecule has 2 rings (SSSR count). The number of aliphatic hydroxyl groups is 2. The van der Waals surface area contributed by atoms with Crippen molar-refractivity contribution in [2.75, 3.05) is 0 Å². The fourth-order valence-corrected chi connectivity index (χ4v) is 2.35. The van der Waals surface area contributed by atoms with Crippen molar-refractivity contribution in [2.45, 2.75) is 51.9 Å². The van der Waals surface area contributed by atoms with E-state index in [4.69, 9.17) is 0 Å². The molecule has 0 saturated heterocycles. The lowest BCUT2D eigenvalue weighted by Crippen LogP contribution is -2.28. The summed E-state index contributed by atoms with van der Waals surface area (Å²) in [6, 6.07) is 7.99. The average molecular weight is 262 g/mol. The first kappa shape index (κ1) is 14.0. The van der Waals surface area contributed by atoms with Crippen molar-refractivity contribution in [1.82, 2.24) is 9.55 Å². The number of aryl methyl sites for hydroxylation is 1. The van der Waals surface area contributed by atoms with Gasteiger partial charge in [0.1, 0.15) is 5.82 Å². The number of para-hydroxylation sites is 2. The number of hydrogen-bond donors (Lipinski definition) is 2. The molecule has 2 aromatic rings. The lowest BCUT2D eigenvalue weighted by atomic mass is 10.1. The molecule has 0 spiro atoms. The van der Waals surface area contributed by atoms with E-state index in [9.17, 15) is 10.2 Å². The van der Waals surface area contributed by atoms with Crippen molar-refractivity contribution in [1.29, 1.82) is 0 Å². The van der Waals surface area contributed by atoms with E-state index in [1.54, 1.807) is 0 Å². The second kappa shape index (κ2) is 6.17. The Balaban J connectivity index is 2.33. The van der Waals surface area contributed by atoms with Crippen LogP contribution in [0.3, 0.4) is 0 Å². The van der Waals surface area contributed by atoms with Gasteiger partial charge < -0.3 is 14.8 Å². The Labute approximate surface area is 113 Å². The van der Waals surface area contributed by atoms with Crippen molar-refractivity contribution in [3.63, 3.8) is 0 Å². The number of nitrogens with zero attached hydrogens (tertiary/aromatic N) is 2. The minimum atomic E-state index is -0.752. The van der Waals surface area contributed by atoms with Crippen molar-refractivity contribution >= 4 is 11.0 Å². The second-order valence-electron chi connectivity index (χ2n) is 4.92. The topological polar surface area (TPSA) is 58.3 Å². The van der Waals surface area contributed by atoms with Gasteiger partial charge in [0.25, 0.3) is 0 Å². The molecule has 2 N–H and O–H groups in total. The summed E-state index contributed by atoms with van der Waals surface area (Å²) in [5.74, 6) is 0.850. The molecule has 0 saturated carbocycles. The quantitative estimate of drug-likeness (QED) is 0.838. The van der Waals surface area contributed by atoms with Crippen LogP contribution in [0, 0.1) is 0 Å². The van der Waals surface area contributed by atoms with Gasteiger partial charge >= 0.3 is 0 Å². The van der Waals surface area contributed by atoms with Crippen LogP contribution in [-0.2, 0) is 13.0 Å². The highest BCUT2D eigenvalue weighted by molar-refractivity contribution is 5.75. The zero-order valence-electron chi connectivity index (χ0n) is 11.6. The number of benzene rings is 1. The predicted octanol–water partition coefficient (Wildman–Crippen LogP) is 2.12. The molecule has 0 radical (unpaired) electrons. The third-order valence-electron chi connectivity index (χ3n) is 3.43. The van der Waals surface area contributed by atoms with E-state index in [1.165, 1.54) is 0 Å². The first-order chi connectivity index (χ1) is 9.17. The number of aliphatic hydroxyl groups excluding tert-OH is 2. The maximum atomic E-state index is 9.99. The van der Waals surface area contributed by atoms with Crippen LogP contribution in [0.1, 0.15) is 32.5 Å². The maximum Gasteiger partial charge on any atom is 0.112 e. The zero-order valence-corrected chi connectivity index (χ0v) is 11.6. The Morgan fingerprint density at radius 1 is 1.16 bits per heavy atom. The molecule has 1 aromatic carbocycles. The van der Waals surface area contributed by atoms with Gasteiger partial charge in [0.05, 0.1) is 23.2 Å². The van der Waals surface area contributed by atoms with Crippen LogP contribution >= 0.6 is 0 Å². The van der Waals surface area contributed by atoms with E-state index in [-0.39, 0.29) is 0 Å². The Morgan fingerprint density at radius 3 is 2.58 bits per heavy atom. The fraction of sp³-hybridized carbons (Fsp3) is 0.533. The van der Waals surface area contributed by atoms with Gasteiger partial charge in [0.2, 0.25) is 0 Å². The van der Waals surface area contributed by atoms with E-state index < -0.39 is 12.2 Å². The van der Waals surface area contributed by atoms with Gasteiger partial charge in [-0.3, -0.25) is 0 Å². The normalized spacial score (nSPS) is 14.7. The highest BCUT2D eigenvalue weighted by Gasteiger charge is 2.19. The molecular weight excluding hydrogens is 240 g/mol. The second-order valence-corrected chi connectivity index (χ2v) is 4.92. The maximum absolute atomic E-state index is 9.99. The zero-order chi connectivity index (χ0) is 13.8. The molecule has 0 fully saturated rings. The van der Waals surface area contributed by atoms with Gasteiger partial charge in [-0.1, -0.05) is 26.0 Å². The Hall–Kier alpha value is -1.39. The summed E-state index contributed by atoms with van der Waals surface area (Å²) in [4.78, 5) is 4.58. The number of rotatable bonds is 6.